The molecule has 2 saturated carbocycles. The third kappa shape index (κ3) is 17.0. The molecule has 0 aromatic heterocycles. The molecule has 0 heterocycles. The highest BCUT2D eigenvalue weighted by Gasteiger charge is 2.44. The molecule has 2 aliphatic rings. The second-order valence-corrected chi connectivity index (χ2v) is 33.4. The zero-order valence-corrected chi connectivity index (χ0v) is 66.0. The van der Waals surface area contributed by atoms with Gasteiger partial charge >= 0.3 is 23.9 Å². The number of carbonyl (C=O) groups is 4. The summed E-state index contributed by atoms with van der Waals surface area (Å²) in [6, 6.07) is 77.3. The lowest BCUT2D eigenvalue weighted by Crippen LogP contribution is -2.39. The van der Waals surface area contributed by atoms with Gasteiger partial charge in [0, 0.05) is 0 Å². The SMILES string of the molecule is CCC(C)(C)C(=O)OC(C)(C)c1ccc2cc3ccccc3cc2c1.CCC(C)(C)C(=O)OC(C)(CC)c1ccc2cc3ccccc3cc2c1.CCC(C)(C)C(=O)OC1(c2ccc3cc4ccccc4cc3c2)CCCC1.CCC(C)(C)C(=O)OC1(c2ccc3cc4ccccc4cc3c2)CCCCC1. The molecule has 1 unspecified atom stereocenters. The molecule has 8 heteroatoms. The van der Waals surface area contributed by atoms with Crippen molar-refractivity contribution in [2.45, 2.75) is 223 Å². The molecular weight excluding hydrogens is 1310 g/mol. The van der Waals surface area contributed by atoms with E-state index in [0.29, 0.717) is 0 Å². The molecule has 552 valence electrons. The van der Waals surface area contributed by atoms with Crippen molar-refractivity contribution < 1.29 is 38.1 Å². The number of rotatable bonds is 17. The predicted octanol–water partition coefficient (Wildman–Crippen LogP) is 26.7. The molecule has 106 heavy (non-hydrogen) atoms. The van der Waals surface area contributed by atoms with Crippen LogP contribution >= 0.6 is 0 Å². The van der Waals surface area contributed by atoms with Crippen molar-refractivity contribution >= 4 is 110 Å². The van der Waals surface area contributed by atoms with E-state index >= 15 is 0 Å². The smallest absolute Gasteiger partial charge is 0.312 e. The van der Waals surface area contributed by atoms with Gasteiger partial charge < -0.3 is 18.9 Å². The lowest BCUT2D eigenvalue weighted by molar-refractivity contribution is -0.176. The lowest BCUT2D eigenvalue weighted by atomic mass is 9.78. The van der Waals surface area contributed by atoms with Crippen molar-refractivity contribution in [1.82, 2.24) is 0 Å². The topological polar surface area (TPSA) is 105 Å². The first kappa shape index (κ1) is 77.7. The molecule has 12 aromatic carbocycles. The van der Waals surface area contributed by atoms with Crippen LogP contribution < -0.4 is 0 Å². The van der Waals surface area contributed by atoms with Crippen LogP contribution in [0.25, 0.3) is 86.2 Å². The fraction of sp³-hybridized carbons (Fsp3) is 0.388. The minimum Gasteiger partial charge on any atom is -0.454 e. The van der Waals surface area contributed by atoms with Gasteiger partial charge in [-0.05, 0) is 341 Å². The first-order valence-electron chi connectivity index (χ1n) is 39.0. The van der Waals surface area contributed by atoms with E-state index < -0.39 is 44.1 Å². The van der Waals surface area contributed by atoms with Gasteiger partial charge in [0.1, 0.15) is 22.4 Å². The Bertz CT molecular complexity index is 5190. The van der Waals surface area contributed by atoms with Crippen molar-refractivity contribution in [3.05, 3.63) is 241 Å². The van der Waals surface area contributed by atoms with Gasteiger partial charge in [0.25, 0.3) is 0 Å². The minimum absolute atomic E-state index is 0.0736. The van der Waals surface area contributed by atoms with Crippen molar-refractivity contribution in [2.75, 3.05) is 0 Å². The van der Waals surface area contributed by atoms with E-state index in [4.69, 9.17) is 18.9 Å². The number of benzene rings is 12. The van der Waals surface area contributed by atoms with Crippen LogP contribution in [0.2, 0.25) is 0 Å². The third-order valence-electron chi connectivity index (χ3n) is 23.9. The van der Waals surface area contributed by atoms with Crippen LogP contribution in [-0.4, -0.2) is 23.9 Å². The summed E-state index contributed by atoms with van der Waals surface area (Å²) >= 11 is 0. The molecule has 0 bridgehead atoms. The molecular formula is C98H112O8. The molecule has 0 spiro atoms. The monoisotopic (exact) mass is 1420 g/mol. The number of hydrogen-bond acceptors (Lipinski definition) is 8. The Morgan fingerprint density at radius 3 is 0.849 bits per heavy atom. The Balaban J connectivity index is 0.000000141. The van der Waals surface area contributed by atoms with E-state index in [0.717, 1.165) is 111 Å². The van der Waals surface area contributed by atoms with Gasteiger partial charge in [-0.2, -0.15) is 0 Å². The summed E-state index contributed by atoms with van der Waals surface area (Å²) in [5.74, 6) is -0.442. The molecule has 0 radical (unpaired) electrons. The van der Waals surface area contributed by atoms with E-state index in [1.165, 1.54) is 87.2 Å². The summed E-state index contributed by atoms with van der Waals surface area (Å²) in [7, 11) is 0. The molecule has 14 rings (SSSR count). The van der Waals surface area contributed by atoms with Crippen molar-refractivity contribution in [2.24, 2.45) is 21.7 Å². The van der Waals surface area contributed by atoms with E-state index in [1.807, 2.05) is 96.9 Å². The first-order chi connectivity index (χ1) is 50.4. The standard InChI is InChI=1S/C26H30O2.C25H28O2.C24H28O2.C23H26O2/c1-4-25(2,3)24(27)28-26(14-8-5-9-15-26)23-13-12-21-16-19-10-6-7-11-20(19)17-22(21)18-23;1-4-24(2,3)23(26)27-25(13-7-8-14-25)22-12-11-20-15-18-9-5-6-10-19(18)16-21(20)17-22;1-6-23(3,4)22(25)26-24(5,7-2)21-13-12-19-14-17-10-8-9-11-18(17)15-20(19)16-21;1-6-22(2,3)21(24)25-23(4,5)20-12-11-18-13-16-9-7-8-10-17(16)14-19(18)15-20/h6-7,10-13,16-18H,4-5,8-9,14-15H2,1-3H3;5-6,9-12,15-17H,4,7-8,13-14H2,1-3H3;8-16H,6-7H2,1-5H3;7-15H,6H2,1-5H3. The average molecular weight is 1420 g/mol. The zero-order chi connectivity index (χ0) is 76.0. The van der Waals surface area contributed by atoms with Gasteiger partial charge in [-0.3, -0.25) is 19.2 Å². The van der Waals surface area contributed by atoms with E-state index in [1.54, 1.807) is 0 Å². The number of fused-ring (bicyclic) bond motifs is 8. The first-order valence-corrected chi connectivity index (χ1v) is 39.0. The molecule has 0 amide bonds. The Kier molecular flexibility index (Phi) is 23.1. The summed E-state index contributed by atoms with van der Waals surface area (Å²) in [4.78, 5) is 51.0. The maximum Gasteiger partial charge on any atom is 0.312 e. The van der Waals surface area contributed by atoms with E-state index in [-0.39, 0.29) is 23.9 Å². The largest absolute Gasteiger partial charge is 0.454 e. The molecule has 0 saturated heterocycles. The van der Waals surface area contributed by atoms with Crippen LogP contribution in [0.1, 0.15) is 223 Å². The highest BCUT2D eigenvalue weighted by molar-refractivity contribution is 6.02. The molecule has 2 aliphatic carbocycles. The van der Waals surface area contributed by atoms with Crippen LogP contribution in [0.5, 0.6) is 0 Å². The summed E-state index contributed by atoms with van der Waals surface area (Å²) in [5, 5.41) is 19.5. The number of carbonyl (C=O) groups excluding carboxylic acids is 4. The normalized spacial score (nSPS) is 15.2. The molecule has 2 fully saturated rings. The molecule has 0 N–H and O–H groups in total. The summed E-state index contributed by atoms with van der Waals surface area (Å²) in [6.45, 7) is 31.8. The van der Waals surface area contributed by atoms with Crippen molar-refractivity contribution in [1.29, 1.82) is 0 Å². The fourth-order valence-corrected chi connectivity index (χ4v) is 14.3. The molecule has 12 aromatic rings. The van der Waals surface area contributed by atoms with Crippen LogP contribution in [0.4, 0.5) is 0 Å². The van der Waals surface area contributed by atoms with Crippen LogP contribution in [0, 0.1) is 21.7 Å². The van der Waals surface area contributed by atoms with Crippen molar-refractivity contribution in [3.63, 3.8) is 0 Å². The third-order valence-corrected chi connectivity index (χ3v) is 23.9. The second kappa shape index (κ2) is 31.6. The highest BCUT2D eigenvalue weighted by Crippen LogP contribution is 2.47. The predicted molar refractivity (Wildman–Crippen MR) is 442 cm³/mol. The number of ether oxygens (including phenoxy) is 4. The maximum absolute atomic E-state index is 13.0. The number of esters is 4. The summed E-state index contributed by atoms with van der Waals surface area (Å²) in [6.07, 6.45) is 13.1. The zero-order valence-electron chi connectivity index (χ0n) is 66.0. The quantitative estimate of drug-likeness (QED) is 0.0504. The summed E-state index contributed by atoms with van der Waals surface area (Å²) in [5.41, 5.74) is 0.280. The summed E-state index contributed by atoms with van der Waals surface area (Å²) < 4.78 is 24.5. The maximum atomic E-state index is 13.0. The van der Waals surface area contributed by atoms with Crippen molar-refractivity contribution in [3.8, 4) is 0 Å². The average Bonchev–Trinajstić information content (AvgIpc) is 1.23. The molecule has 1 atom stereocenters. The van der Waals surface area contributed by atoms with Gasteiger partial charge in [0.05, 0.1) is 21.7 Å². The fourth-order valence-electron chi connectivity index (χ4n) is 14.3. The van der Waals surface area contributed by atoms with E-state index in [2.05, 4.69) is 232 Å². The van der Waals surface area contributed by atoms with Crippen LogP contribution in [0.3, 0.4) is 0 Å². The van der Waals surface area contributed by atoms with Gasteiger partial charge in [0.2, 0.25) is 0 Å². The van der Waals surface area contributed by atoms with Gasteiger partial charge in [-0.25, -0.2) is 0 Å². The lowest BCUT2D eigenvalue weighted by Gasteiger charge is -2.39. The van der Waals surface area contributed by atoms with Gasteiger partial charge in [0.15, 0.2) is 0 Å². The van der Waals surface area contributed by atoms with Gasteiger partial charge in [-0.1, -0.05) is 187 Å². The molecule has 8 nitrogen and oxygen atoms in total. The Morgan fingerprint density at radius 1 is 0.274 bits per heavy atom. The Labute approximate surface area is 629 Å². The number of hydrogen-bond donors (Lipinski definition) is 0. The van der Waals surface area contributed by atoms with Crippen LogP contribution in [0.15, 0.2) is 218 Å². The molecule has 0 aliphatic heterocycles. The van der Waals surface area contributed by atoms with E-state index in [9.17, 15) is 19.2 Å². The van der Waals surface area contributed by atoms with Gasteiger partial charge in [-0.15, -0.1) is 0 Å². The Hall–Kier alpha value is -9.40. The minimum atomic E-state index is -0.663. The Morgan fingerprint density at radius 2 is 0.528 bits per heavy atom. The highest BCUT2D eigenvalue weighted by atomic mass is 16.6. The second-order valence-electron chi connectivity index (χ2n) is 33.4. The van der Waals surface area contributed by atoms with Crippen LogP contribution in [-0.2, 0) is 60.5 Å².